The van der Waals surface area contributed by atoms with E-state index in [1.165, 1.54) is 32.1 Å². The van der Waals surface area contributed by atoms with E-state index in [2.05, 4.69) is 19.2 Å². The van der Waals surface area contributed by atoms with Crippen LogP contribution in [0.2, 0.25) is 0 Å². The molecule has 1 aliphatic rings. The predicted octanol–water partition coefficient (Wildman–Crippen LogP) is 4.27. The summed E-state index contributed by atoms with van der Waals surface area (Å²) in [6.45, 7) is 5.47. The number of rotatable bonds is 6. The van der Waals surface area contributed by atoms with Crippen LogP contribution in [0.4, 0.5) is 0 Å². The maximum absolute atomic E-state index is 9.98. The molecular formula is C18H29NO2. The summed E-state index contributed by atoms with van der Waals surface area (Å²) in [6.07, 6.45) is 6.76. The van der Waals surface area contributed by atoms with Gasteiger partial charge in [-0.15, -0.1) is 0 Å². The van der Waals surface area contributed by atoms with E-state index in [0.717, 1.165) is 29.7 Å². The van der Waals surface area contributed by atoms with Crippen molar-refractivity contribution in [3.63, 3.8) is 0 Å². The van der Waals surface area contributed by atoms with Gasteiger partial charge in [0.15, 0.2) is 0 Å². The Bertz CT molecular complexity index is 439. The third-order valence-electron chi connectivity index (χ3n) is 4.84. The Hall–Kier alpha value is -1.22. The van der Waals surface area contributed by atoms with E-state index in [9.17, 15) is 5.11 Å². The summed E-state index contributed by atoms with van der Waals surface area (Å²) in [6, 6.07) is 5.54. The molecule has 1 aromatic carbocycles. The van der Waals surface area contributed by atoms with Crippen LogP contribution in [-0.4, -0.2) is 18.8 Å². The number of hydrogen-bond donors (Lipinski definition) is 2. The number of methoxy groups -OCH3 is 1. The summed E-state index contributed by atoms with van der Waals surface area (Å²) >= 11 is 0. The minimum absolute atomic E-state index is 0.141. The fourth-order valence-corrected chi connectivity index (χ4v) is 3.24. The molecular weight excluding hydrogens is 262 g/mol. The molecule has 1 atom stereocenters. The molecule has 0 aromatic heterocycles. The van der Waals surface area contributed by atoms with Gasteiger partial charge < -0.3 is 15.2 Å². The van der Waals surface area contributed by atoms with E-state index in [0.29, 0.717) is 5.75 Å². The zero-order valence-electron chi connectivity index (χ0n) is 13.6. The minimum Gasteiger partial charge on any atom is -0.508 e. The average molecular weight is 291 g/mol. The average Bonchev–Trinajstić information content (AvgIpc) is 2.49. The van der Waals surface area contributed by atoms with Gasteiger partial charge in [-0.25, -0.2) is 0 Å². The van der Waals surface area contributed by atoms with Crippen molar-refractivity contribution in [1.82, 2.24) is 5.32 Å². The van der Waals surface area contributed by atoms with Crippen molar-refractivity contribution in [3.05, 3.63) is 23.8 Å². The number of nitrogens with one attached hydrogen (secondary N) is 1. The zero-order chi connectivity index (χ0) is 15.2. The standard InChI is InChI=1S/C18H29NO2/c1-13-4-6-15(7-5-13)10-11-19-14(2)17-12-16(21-3)8-9-18(17)20/h8-9,12-15,19-20H,4-7,10-11H2,1-3H3. The summed E-state index contributed by atoms with van der Waals surface area (Å²) in [5.41, 5.74) is 0.909. The quantitative estimate of drug-likeness (QED) is 0.822. The molecule has 1 saturated carbocycles. The smallest absolute Gasteiger partial charge is 0.120 e. The molecule has 1 aromatic rings. The largest absolute Gasteiger partial charge is 0.508 e. The molecule has 1 unspecified atom stereocenters. The maximum Gasteiger partial charge on any atom is 0.120 e. The number of phenols is 1. The molecule has 0 radical (unpaired) electrons. The lowest BCUT2D eigenvalue weighted by Crippen LogP contribution is -2.23. The Balaban J connectivity index is 1.80. The Morgan fingerprint density at radius 1 is 1.29 bits per heavy atom. The lowest BCUT2D eigenvalue weighted by molar-refractivity contribution is 0.273. The second-order valence-corrected chi connectivity index (χ2v) is 6.52. The van der Waals surface area contributed by atoms with Crippen LogP contribution >= 0.6 is 0 Å². The molecule has 0 heterocycles. The highest BCUT2D eigenvalue weighted by Crippen LogP contribution is 2.31. The minimum atomic E-state index is 0.141. The molecule has 3 heteroatoms. The molecule has 0 spiro atoms. The number of aromatic hydroxyl groups is 1. The van der Waals surface area contributed by atoms with Gasteiger partial charge in [0.05, 0.1) is 7.11 Å². The summed E-state index contributed by atoms with van der Waals surface area (Å²) in [5, 5.41) is 13.5. The fraction of sp³-hybridized carbons (Fsp3) is 0.667. The van der Waals surface area contributed by atoms with Crippen LogP contribution in [-0.2, 0) is 0 Å². The summed E-state index contributed by atoms with van der Waals surface area (Å²) < 4.78 is 5.23. The molecule has 2 N–H and O–H groups in total. The van der Waals surface area contributed by atoms with Crippen LogP contribution < -0.4 is 10.1 Å². The topological polar surface area (TPSA) is 41.5 Å². The lowest BCUT2D eigenvalue weighted by atomic mass is 9.81. The van der Waals surface area contributed by atoms with E-state index in [4.69, 9.17) is 4.74 Å². The normalized spacial score (nSPS) is 23.8. The van der Waals surface area contributed by atoms with Gasteiger partial charge in [0.1, 0.15) is 11.5 Å². The predicted molar refractivity (Wildman–Crippen MR) is 86.8 cm³/mol. The van der Waals surface area contributed by atoms with Gasteiger partial charge in [0, 0.05) is 11.6 Å². The Labute approximate surface area is 128 Å². The SMILES string of the molecule is COc1ccc(O)c(C(C)NCCC2CCC(C)CC2)c1. The van der Waals surface area contributed by atoms with Gasteiger partial charge in [0.25, 0.3) is 0 Å². The first-order valence-corrected chi connectivity index (χ1v) is 8.20. The molecule has 0 bridgehead atoms. The third-order valence-corrected chi connectivity index (χ3v) is 4.84. The molecule has 1 fully saturated rings. The van der Waals surface area contributed by atoms with Crippen molar-refractivity contribution in [2.24, 2.45) is 11.8 Å². The van der Waals surface area contributed by atoms with Crippen molar-refractivity contribution in [3.8, 4) is 11.5 Å². The van der Waals surface area contributed by atoms with Crippen LogP contribution in [0.5, 0.6) is 11.5 Å². The van der Waals surface area contributed by atoms with Crippen molar-refractivity contribution in [2.75, 3.05) is 13.7 Å². The zero-order valence-corrected chi connectivity index (χ0v) is 13.6. The third kappa shape index (κ3) is 4.63. The lowest BCUT2D eigenvalue weighted by Gasteiger charge is -2.26. The van der Waals surface area contributed by atoms with Crippen LogP contribution in [0.3, 0.4) is 0 Å². The molecule has 0 saturated heterocycles. The van der Waals surface area contributed by atoms with Crippen molar-refractivity contribution >= 4 is 0 Å². The molecule has 0 amide bonds. The summed E-state index contributed by atoms with van der Waals surface area (Å²) in [5.74, 6) is 2.92. The molecule has 3 nitrogen and oxygen atoms in total. The van der Waals surface area contributed by atoms with E-state index in [1.807, 2.05) is 6.07 Å². The monoisotopic (exact) mass is 291 g/mol. The number of benzene rings is 1. The highest BCUT2D eigenvalue weighted by molar-refractivity contribution is 5.41. The van der Waals surface area contributed by atoms with E-state index < -0.39 is 0 Å². The van der Waals surface area contributed by atoms with Gasteiger partial charge in [-0.3, -0.25) is 0 Å². The number of ether oxygens (including phenoxy) is 1. The van der Waals surface area contributed by atoms with E-state index >= 15 is 0 Å². The Morgan fingerprint density at radius 2 is 2.00 bits per heavy atom. The van der Waals surface area contributed by atoms with Crippen molar-refractivity contribution < 1.29 is 9.84 Å². The molecule has 118 valence electrons. The first-order valence-electron chi connectivity index (χ1n) is 8.20. The highest BCUT2D eigenvalue weighted by Gasteiger charge is 2.18. The first kappa shape index (κ1) is 16.2. The van der Waals surface area contributed by atoms with Gasteiger partial charge >= 0.3 is 0 Å². The van der Waals surface area contributed by atoms with Gasteiger partial charge in [-0.05, 0) is 49.9 Å². The van der Waals surface area contributed by atoms with Gasteiger partial charge in [-0.1, -0.05) is 32.6 Å². The molecule has 21 heavy (non-hydrogen) atoms. The summed E-state index contributed by atoms with van der Waals surface area (Å²) in [7, 11) is 1.65. The highest BCUT2D eigenvalue weighted by atomic mass is 16.5. The van der Waals surface area contributed by atoms with Crippen LogP contribution in [0.15, 0.2) is 18.2 Å². The van der Waals surface area contributed by atoms with E-state index in [-0.39, 0.29) is 6.04 Å². The number of phenolic OH excluding ortho intramolecular Hbond substituents is 1. The van der Waals surface area contributed by atoms with Crippen LogP contribution in [0.1, 0.15) is 57.6 Å². The Kier molecular flexibility index (Phi) is 5.92. The molecule has 1 aliphatic carbocycles. The fourth-order valence-electron chi connectivity index (χ4n) is 3.24. The molecule has 2 rings (SSSR count). The van der Waals surface area contributed by atoms with Gasteiger partial charge in [0.2, 0.25) is 0 Å². The number of hydrogen-bond acceptors (Lipinski definition) is 3. The maximum atomic E-state index is 9.98. The van der Waals surface area contributed by atoms with Crippen molar-refractivity contribution in [1.29, 1.82) is 0 Å². The summed E-state index contributed by atoms with van der Waals surface area (Å²) in [4.78, 5) is 0. The molecule has 0 aliphatic heterocycles. The van der Waals surface area contributed by atoms with E-state index in [1.54, 1.807) is 19.2 Å². The van der Waals surface area contributed by atoms with Crippen LogP contribution in [0.25, 0.3) is 0 Å². The van der Waals surface area contributed by atoms with Crippen molar-refractivity contribution in [2.45, 2.75) is 52.0 Å². The second kappa shape index (κ2) is 7.69. The van der Waals surface area contributed by atoms with Gasteiger partial charge in [-0.2, -0.15) is 0 Å². The Morgan fingerprint density at radius 3 is 2.67 bits per heavy atom. The van der Waals surface area contributed by atoms with Crippen LogP contribution in [0, 0.1) is 11.8 Å². The second-order valence-electron chi connectivity index (χ2n) is 6.52. The first-order chi connectivity index (χ1) is 10.1.